The van der Waals surface area contributed by atoms with E-state index in [0.29, 0.717) is 5.56 Å². The maximum atomic E-state index is 11.4. The summed E-state index contributed by atoms with van der Waals surface area (Å²) in [6.07, 6.45) is 0. The molecular weight excluding hydrogens is 286 g/mol. The van der Waals surface area contributed by atoms with Crippen molar-refractivity contribution in [1.82, 2.24) is 5.32 Å². The lowest BCUT2D eigenvalue weighted by molar-refractivity contribution is -0.119. The van der Waals surface area contributed by atoms with E-state index in [2.05, 4.69) is 5.32 Å². The summed E-state index contributed by atoms with van der Waals surface area (Å²) in [5.41, 5.74) is 0.558. The minimum atomic E-state index is -3.77. The van der Waals surface area contributed by atoms with Crippen LogP contribution in [0.2, 0.25) is 0 Å². The molecule has 1 fully saturated rings. The SMILES string of the molecule is O=C1NC(=O)C(c2ccc(S(=O)(=O)Cl)cc2)S1. The molecule has 1 aromatic carbocycles. The maximum absolute atomic E-state index is 11.4. The topological polar surface area (TPSA) is 80.3 Å². The molecule has 0 saturated carbocycles. The Hall–Kier alpha value is -1.05. The standard InChI is InChI=1S/C9H6ClNO4S2/c10-17(14,15)6-3-1-5(2-4-6)7-8(12)11-9(13)16-7/h1-4,7H,(H,11,12,13). The summed E-state index contributed by atoms with van der Waals surface area (Å²) in [5, 5.41) is 1.11. The van der Waals surface area contributed by atoms with Gasteiger partial charge in [-0.05, 0) is 29.5 Å². The minimum absolute atomic E-state index is 0.0438. The van der Waals surface area contributed by atoms with Gasteiger partial charge in [-0.25, -0.2) is 8.42 Å². The predicted octanol–water partition coefficient (Wildman–Crippen LogP) is 1.64. The molecule has 0 spiro atoms. The third-order valence-corrected chi connectivity index (χ3v) is 4.56. The van der Waals surface area contributed by atoms with Gasteiger partial charge in [0.1, 0.15) is 5.25 Å². The highest BCUT2D eigenvalue weighted by molar-refractivity contribution is 8.15. The average molecular weight is 292 g/mol. The fourth-order valence-electron chi connectivity index (χ4n) is 1.38. The monoisotopic (exact) mass is 291 g/mol. The Morgan fingerprint density at radius 2 is 1.76 bits per heavy atom. The molecule has 0 radical (unpaired) electrons. The third-order valence-electron chi connectivity index (χ3n) is 2.15. The molecule has 1 aromatic rings. The van der Waals surface area contributed by atoms with Crippen molar-refractivity contribution in [1.29, 1.82) is 0 Å². The molecule has 2 rings (SSSR count). The van der Waals surface area contributed by atoms with Gasteiger partial charge in [0, 0.05) is 10.7 Å². The Kier molecular flexibility index (Phi) is 3.15. The number of hydrogen-bond acceptors (Lipinski definition) is 5. The molecule has 0 bridgehead atoms. The van der Waals surface area contributed by atoms with E-state index >= 15 is 0 Å². The van der Waals surface area contributed by atoms with Crippen LogP contribution in [0.5, 0.6) is 0 Å². The largest absolute Gasteiger partial charge is 0.286 e. The van der Waals surface area contributed by atoms with Crippen molar-refractivity contribution in [2.24, 2.45) is 0 Å². The number of nitrogens with one attached hydrogen (secondary N) is 1. The second kappa shape index (κ2) is 4.32. The van der Waals surface area contributed by atoms with E-state index < -0.39 is 25.4 Å². The molecule has 2 amide bonds. The van der Waals surface area contributed by atoms with Gasteiger partial charge >= 0.3 is 0 Å². The average Bonchev–Trinajstić information content (AvgIpc) is 2.57. The molecule has 1 aliphatic rings. The van der Waals surface area contributed by atoms with Crippen molar-refractivity contribution < 1.29 is 18.0 Å². The van der Waals surface area contributed by atoms with Crippen LogP contribution < -0.4 is 5.32 Å². The van der Waals surface area contributed by atoms with Crippen LogP contribution in [-0.4, -0.2) is 19.6 Å². The van der Waals surface area contributed by atoms with Gasteiger partial charge in [0.25, 0.3) is 14.3 Å². The highest BCUT2D eigenvalue weighted by Crippen LogP contribution is 2.34. The van der Waals surface area contributed by atoms with E-state index in [-0.39, 0.29) is 4.90 Å². The van der Waals surface area contributed by atoms with Gasteiger partial charge < -0.3 is 0 Å². The Morgan fingerprint density at radius 3 is 2.18 bits per heavy atom. The quantitative estimate of drug-likeness (QED) is 0.838. The van der Waals surface area contributed by atoms with E-state index in [9.17, 15) is 18.0 Å². The van der Waals surface area contributed by atoms with Gasteiger partial charge in [-0.3, -0.25) is 14.9 Å². The van der Waals surface area contributed by atoms with Crippen molar-refractivity contribution in [2.45, 2.75) is 10.1 Å². The van der Waals surface area contributed by atoms with E-state index in [1.807, 2.05) is 0 Å². The molecule has 1 atom stereocenters. The Balaban J connectivity index is 2.31. The van der Waals surface area contributed by atoms with Gasteiger partial charge in [-0.15, -0.1) is 0 Å². The maximum Gasteiger partial charge on any atom is 0.286 e. The molecule has 1 N–H and O–H groups in total. The number of amides is 2. The summed E-state index contributed by atoms with van der Waals surface area (Å²) in [6, 6.07) is 5.53. The van der Waals surface area contributed by atoms with E-state index in [4.69, 9.17) is 10.7 Å². The summed E-state index contributed by atoms with van der Waals surface area (Å²) >= 11 is 0.858. The summed E-state index contributed by atoms with van der Waals surface area (Å²) in [6.45, 7) is 0. The van der Waals surface area contributed by atoms with Crippen LogP contribution in [0.1, 0.15) is 10.8 Å². The first-order chi connectivity index (χ1) is 7.88. The van der Waals surface area contributed by atoms with E-state index in [1.54, 1.807) is 0 Å². The highest BCUT2D eigenvalue weighted by atomic mass is 35.7. The molecule has 0 aromatic heterocycles. The zero-order valence-corrected chi connectivity index (χ0v) is 10.6. The molecule has 1 saturated heterocycles. The number of rotatable bonds is 2. The predicted molar refractivity (Wildman–Crippen MR) is 63.4 cm³/mol. The second-order valence-electron chi connectivity index (χ2n) is 3.28. The van der Waals surface area contributed by atoms with Crippen LogP contribution >= 0.6 is 22.4 Å². The van der Waals surface area contributed by atoms with Crippen molar-refractivity contribution in [3.63, 3.8) is 0 Å². The first-order valence-corrected chi connectivity index (χ1v) is 7.63. The first-order valence-electron chi connectivity index (χ1n) is 4.44. The molecule has 90 valence electrons. The van der Waals surface area contributed by atoms with Crippen molar-refractivity contribution in [3.8, 4) is 0 Å². The smallest absolute Gasteiger partial charge is 0.286 e. The summed E-state index contributed by atoms with van der Waals surface area (Å²) < 4.78 is 22.0. The van der Waals surface area contributed by atoms with Gasteiger partial charge in [-0.2, -0.15) is 0 Å². The number of carbonyl (C=O) groups excluding carboxylic acids is 2. The molecule has 5 nitrogen and oxygen atoms in total. The Morgan fingerprint density at radius 1 is 1.18 bits per heavy atom. The van der Waals surface area contributed by atoms with E-state index in [1.165, 1.54) is 24.3 Å². The highest BCUT2D eigenvalue weighted by Gasteiger charge is 2.32. The molecular formula is C9H6ClNO4S2. The Labute approximate surface area is 106 Å². The van der Waals surface area contributed by atoms with Crippen LogP contribution in [0.4, 0.5) is 4.79 Å². The van der Waals surface area contributed by atoms with Crippen LogP contribution in [-0.2, 0) is 13.8 Å². The van der Waals surface area contributed by atoms with Crippen molar-refractivity contribution >= 4 is 42.6 Å². The van der Waals surface area contributed by atoms with Gasteiger partial charge in [0.05, 0.1) is 4.90 Å². The van der Waals surface area contributed by atoms with Gasteiger partial charge in [-0.1, -0.05) is 12.1 Å². The zero-order valence-electron chi connectivity index (χ0n) is 8.21. The van der Waals surface area contributed by atoms with Crippen molar-refractivity contribution in [2.75, 3.05) is 0 Å². The molecule has 1 unspecified atom stereocenters. The molecule has 17 heavy (non-hydrogen) atoms. The molecule has 1 aliphatic heterocycles. The fourth-order valence-corrected chi connectivity index (χ4v) is 2.98. The molecule has 0 aliphatic carbocycles. The zero-order chi connectivity index (χ0) is 12.6. The normalized spacial score (nSPS) is 20.4. The molecule has 1 heterocycles. The lowest BCUT2D eigenvalue weighted by atomic mass is 10.1. The van der Waals surface area contributed by atoms with Crippen LogP contribution in [0.25, 0.3) is 0 Å². The summed E-state index contributed by atoms with van der Waals surface area (Å²) in [7, 11) is 1.39. The van der Waals surface area contributed by atoms with Crippen LogP contribution in [0, 0.1) is 0 Å². The number of thioether (sulfide) groups is 1. The lowest BCUT2D eigenvalue weighted by Gasteiger charge is -2.05. The number of imide groups is 1. The lowest BCUT2D eigenvalue weighted by Crippen LogP contribution is -2.20. The first kappa shape index (κ1) is 12.4. The van der Waals surface area contributed by atoms with Crippen LogP contribution in [0.15, 0.2) is 29.2 Å². The fraction of sp³-hybridized carbons (Fsp3) is 0.111. The van der Waals surface area contributed by atoms with Crippen molar-refractivity contribution in [3.05, 3.63) is 29.8 Å². The van der Waals surface area contributed by atoms with Crippen LogP contribution in [0.3, 0.4) is 0 Å². The number of carbonyl (C=O) groups is 2. The second-order valence-corrected chi connectivity index (χ2v) is 6.93. The number of halogens is 1. The van der Waals surface area contributed by atoms with E-state index in [0.717, 1.165) is 11.8 Å². The molecule has 8 heteroatoms. The summed E-state index contributed by atoms with van der Waals surface area (Å²) in [4.78, 5) is 22.3. The third kappa shape index (κ3) is 2.62. The van der Waals surface area contributed by atoms with Gasteiger partial charge in [0.15, 0.2) is 0 Å². The minimum Gasteiger partial charge on any atom is -0.286 e. The summed E-state index contributed by atoms with van der Waals surface area (Å²) in [5.74, 6) is -0.401. The van der Waals surface area contributed by atoms with Gasteiger partial charge in [0.2, 0.25) is 5.91 Å². The Bertz CT molecular complexity index is 582. The number of benzene rings is 1. The number of hydrogen-bond donors (Lipinski definition) is 1.